The van der Waals surface area contributed by atoms with Gasteiger partial charge in [0, 0.05) is 4.47 Å². The van der Waals surface area contributed by atoms with E-state index >= 15 is 0 Å². The average molecular weight is 301 g/mol. The van der Waals surface area contributed by atoms with E-state index in [0.29, 0.717) is 12.0 Å². The molecule has 2 atom stereocenters. The Morgan fingerprint density at radius 1 is 1.59 bits per heavy atom. The molecule has 0 heterocycles. The summed E-state index contributed by atoms with van der Waals surface area (Å²) in [5.74, 6) is -1.01. The summed E-state index contributed by atoms with van der Waals surface area (Å²) in [6, 6.07) is 7.35. The van der Waals surface area contributed by atoms with E-state index in [-0.39, 0.29) is 0 Å². The van der Waals surface area contributed by atoms with Crippen molar-refractivity contribution in [1.29, 1.82) is 0 Å². The highest BCUT2D eigenvalue weighted by atomic mass is 79.9. The van der Waals surface area contributed by atoms with Gasteiger partial charge in [-0.1, -0.05) is 35.0 Å². The van der Waals surface area contributed by atoms with Gasteiger partial charge in [-0.25, -0.2) is 0 Å². The van der Waals surface area contributed by atoms with Crippen molar-refractivity contribution < 1.29 is 14.6 Å². The second kappa shape index (κ2) is 5.65. The summed E-state index contributed by atoms with van der Waals surface area (Å²) >= 11 is 3.36. The van der Waals surface area contributed by atoms with Crippen molar-refractivity contribution in [3.8, 4) is 0 Å². The Morgan fingerprint density at radius 3 is 2.71 bits per heavy atom. The number of hydrogen-bond donors (Lipinski definition) is 1. The molecule has 0 radical (unpaired) electrons. The highest BCUT2D eigenvalue weighted by Gasteiger charge is 2.39. The van der Waals surface area contributed by atoms with Crippen molar-refractivity contribution in [2.45, 2.75) is 25.9 Å². The number of rotatable bonds is 4. The Morgan fingerprint density at radius 2 is 2.24 bits per heavy atom. The lowest BCUT2D eigenvalue weighted by Gasteiger charge is -2.32. The Hall–Kier alpha value is -0.870. The van der Waals surface area contributed by atoms with E-state index in [9.17, 15) is 9.90 Å². The topological polar surface area (TPSA) is 46.5 Å². The zero-order chi connectivity index (χ0) is 13.1. The van der Waals surface area contributed by atoms with Crippen molar-refractivity contribution in [3.05, 3.63) is 34.3 Å². The third-order valence-electron chi connectivity index (χ3n) is 3.13. The van der Waals surface area contributed by atoms with Crippen LogP contribution in [-0.4, -0.2) is 18.2 Å². The highest BCUT2D eigenvalue weighted by Crippen LogP contribution is 2.34. The van der Waals surface area contributed by atoms with E-state index in [1.54, 1.807) is 6.92 Å². The molecule has 1 aromatic rings. The molecule has 0 aliphatic rings. The lowest BCUT2D eigenvalue weighted by atomic mass is 9.80. The van der Waals surface area contributed by atoms with Crippen LogP contribution in [0.15, 0.2) is 28.7 Å². The number of carbonyl (C=O) groups is 1. The van der Waals surface area contributed by atoms with Gasteiger partial charge in [0.05, 0.1) is 13.0 Å². The molecule has 0 saturated heterocycles. The van der Waals surface area contributed by atoms with Gasteiger partial charge in [-0.3, -0.25) is 4.79 Å². The van der Waals surface area contributed by atoms with E-state index in [1.807, 2.05) is 31.2 Å². The van der Waals surface area contributed by atoms with E-state index in [4.69, 9.17) is 4.74 Å². The smallest absolute Gasteiger partial charge is 0.311 e. The molecule has 0 fully saturated rings. The molecule has 2 unspecified atom stereocenters. The number of methoxy groups -OCH3 is 1. The predicted molar refractivity (Wildman–Crippen MR) is 69.5 cm³/mol. The normalized spacial score (nSPS) is 16.1. The van der Waals surface area contributed by atoms with Crippen LogP contribution in [0.25, 0.3) is 0 Å². The first-order valence-electron chi connectivity index (χ1n) is 5.52. The van der Waals surface area contributed by atoms with Gasteiger partial charge in [0.1, 0.15) is 5.60 Å². The molecule has 1 N–H and O–H groups in total. The zero-order valence-electron chi connectivity index (χ0n) is 10.2. The van der Waals surface area contributed by atoms with Crippen molar-refractivity contribution >= 4 is 21.9 Å². The standard InChI is InChI=1S/C13H17BrO3/c1-4-13(16,9(2)12(15)17-3)10-6-5-7-11(14)8-10/h5-9,16H,4H2,1-3H3. The monoisotopic (exact) mass is 300 g/mol. The number of halogens is 1. The number of benzene rings is 1. The fourth-order valence-corrected chi connectivity index (χ4v) is 2.29. The van der Waals surface area contributed by atoms with Crippen LogP contribution in [0, 0.1) is 5.92 Å². The summed E-state index contributed by atoms with van der Waals surface area (Å²) in [6.45, 7) is 3.52. The molecule has 4 heteroatoms. The minimum absolute atomic E-state index is 0.408. The molecule has 0 bridgehead atoms. The molecule has 94 valence electrons. The summed E-state index contributed by atoms with van der Waals surface area (Å²) < 4.78 is 5.58. The Kier molecular flexibility index (Phi) is 4.71. The molecule has 0 spiro atoms. The van der Waals surface area contributed by atoms with E-state index < -0.39 is 17.5 Å². The predicted octanol–water partition coefficient (Wildman–Crippen LogP) is 2.86. The fourth-order valence-electron chi connectivity index (χ4n) is 1.89. The van der Waals surface area contributed by atoms with Crippen LogP contribution in [0.5, 0.6) is 0 Å². The molecular formula is C13H17BrO3. The van der Waals surface area contributed by atoms with Crippen LogP contribution in [-0.2, 0) is 15.1 Å². The van der Waals surface area contributed by atoms with Gasteiger partial charge in [-0.2, -0.15) is 0 Å². The molecule has 0 aromatic heterocycles. The van der Waals surface area contributed by atoms with Crippen LogP contribution >= 0.6 is 15.9 Å². The van der Waals surface area contributed by atoms with Crippen LogP contribution in [0.3, 0.4) is 0 Å². The maximum Gasteiger partial charge on any atom is 0.311 e. The molecule has 1 aromatic carbocycles. The van der Waals surface area contributed by atoms with Crippen LogP contribution in [0.4, 0.5) is 0 Å². The third kappa shape index (κ3) is 2.87. The van der Waals surface area contributed by atoms with Gasteiger partial charge in [-0.15, -0.1) is 0 Å². The van der Waals surface area contributed by atoms with Gasteiger partial charge in [0.15, 0.2) is 0 Å². The average Bonchev–Trinajstić information content (AvgIpc) is 2.35. The van der Waals surface area contributed by atoms with Gasteiger partial charge >= 0.3 is 5.97 Å². The summed E-state index contributed by atoms with van der Waals surface area (Å²) in [6.07, 6.45) is 0.444. The minimum atomic E-state index is -1.20. The molecule has 0 aliphatic carbocycles. The van der Waals surface area contributed by atoms with E-state index in [2.05, 4.69) is 15.9 Å². The molecule has 0 saturated carbocycles. The molecule has 1 rings (SSSR count). The van der Waals surface area contributed by atoms with Gasteiger partial charge in [-0.05, 0) is 31.0 Å². The summed E-state index contributed by atoms with van der Waals surface area (Å²) in [7, 11) is 1.33. The van der Waals surface area contributed by atoms with Crippen molar-refractivity contribution in [2.75, 3.05) is 7.11 Å². The van der Waals surface area contributed by atoms with Crippen molar-refractivity contribution in [1.82, 2.24) is 0 Å². The summed E-state index contributed by atoms with van der Waals surface area (Å²) in [5, 5.41) is 10.7. The maximum absolute atomic E-state index is 11.6. The Bertz CT molecular complexity index is 405. The first kappa shape index (κ1) is 14.2. The fraction of sp³-hybridized carbons (Fsp3) is 0.462. The number of ether oxygens (including phenoxy) is 1. The molecule has 17 heavy (non-hydrogen) atoms. The molecule has 0 amide bonds. The first-order valence-corrected chi connectivity index (χ1v) is 6.31. The van der Waals surface area contributed by atoms with Crippen LogP contribution < -0.4 is 0 Å². The van der Waals surface area contributed by atoms with E-state index in [0.717, 1.165) is 4.47 Å². The van der Waals surface area contributed by atoms with Crippen LogP contribution in [0.2, 0.25) is 0 Å². The number of hydrogen-bond acceptors (Lipinski definition) is 3. The number of carbonyl (C=O) groups excluding carboxylic acids is 1. The minimum Gasteiger partial charge on any atom is -0.469 e. The van der Waals surface area contributed by atoms with Gasteiger partial charge in [0.2, 0.25) is 0 Å². The molecule has 0 aliphatic heterocycles. The van der Waals surface area contributed by atoms with E-state index in [1.165, 1.54) is 7.11 Å². The quantitative estimate of drug-likeness (QED) is 0.870. The number of esters is 1. The zero-order valence-corrected chi connectivity index (χ0v) is 11.8. The number of aliphatic hydroxyl groups is 1. The second-order valence-corrected chi connectivity index (χ2v) is 4.95. The third-order valence-corrected chi connectivity index (χ3v) is 3.63. The lowest BCUT2D eigenvalue weighted by molar-refractivity contribution is -0.155. The first-order chi connectivity index (χ1) is 7.95. The summed E-state index contributed by atoms with van der Waals surface area (Å²) in [4.78, 5) is 11.6. The van der Waals surface area contributed by atoms with Gasteiger partial charge in [0.25, 0.3) is 0 Å². The largest absolute Gasteiger partial charge is 0.469 e. The molecular weight excluding hydrogens is 284 g/mol. The van der Waals surface area contributed by atoms with Gasteiger partial charge < -0.3 is 9.84 Å². The van der Waals surface area contributed by atoms with Crippen molar-refractivity contribution in [2.24, 2.45) is 5.92 Å². The highest BCUT2D eigenvalue weighted by molar-refractivity contribution is 9.10. The molecule has 3 nitrogen and oxygen atoms in total. The maximum atomic E-state index is 11.6. The lowest BCUT2D eigenvalue weighted by Crippen LogP contribution is -2.38. The Labute approximate surface area is 110 Å². The van der Waals surface area contributed by atoms with Crippen molar-refractivity contribution in [3.63, 3.8) is 0 Å². The van der Waals surface area contributed by atoms with Crippen LogP contribution in [0.1, 0.15) is 25.8 Å². The Balaban J connectivity index is 3.15. The summed E-state index contributed by atoms with van der Waals surface area (Å²) in [5.41, 5.74) is -0.482. The SMILES string of the molecule is CCC(O)(c1cccc(Br)c1)C(C)C(=O)OC. The second-order valence-electron chi connectivity index (χ2n) is 4.03.